The molecule has 0 aliphatic carbocycles. The molecule has 0 aliphatic heterocycles. The monoisotopic (exact) mass is 712 g/mol. The summed E-state index contributed by atoms with van der Waals surface area (Å²) < 4.78 is 36.2. The van der Waals surface area contributed by atoms with Gasteiger partial charge in [0.2, 0.25) is 10.0 Å². The summed E-state index contributed by atoms with van der Waals surface area (Å²) in [5.74, 6) is 0.675. The fourth-order valence-electron chi connectivity index (χ4n) is 5.49. The van der Waals surface area contributed by atoms with E-state index < -0.39 is 10.0 Å². The second kappa shape index (κ2) is 14.2. The van der Waals surface area contributed by atoms with E-state index in [2.05, 4.69) is 57.6 Å². The number of fused-ring (bicyclic) bond motifs is 3. The SMILES string of the molecule is CS(=O)(=O)N(Cc1ccccc1)c1cc(C(=O)CNC(CCOc2ccc3c(c2)sc2ccccc23)c2ccccc2)ccc1Br. The van der Waals surface area contributed by atoms with Gasteiger partial charge in [-0.25, -0.2) is 8.42 Å². The van der Waals surface area contributed by atoms with Crippen molar-refractivity contribution in [3.63, 3.8) is 0 Å². The molecule has 0 radical (unpaired) electrons. The third-order valence-corrected chi connectivity index (χ3v) is 10.8. The van der Waals surface area contributed by atoms with Crippen LogP contribution >= 0.6 is 27.3 Å². The van der Waals surface area contributed by atoms with E-state index in [1.165, 1.54) is 30.7 Å². The number of ketones is 1. The maximum atomic E-state index is 13.5. The number of halogens is 1. The van der Waals surface area contributed by atoms with Crippen LogP contribution in [0, 0.1) is 0 Å². The van der Waals surface area contributed by atoms with Crippen LogP contribution in [0.4, 0.5) is 5.69 Å². The van der Waals surface area contributed by atoms with Gasteiger partial charge in [-0.1, -0.05) is 84.9 Å². The largest absolute Gasteiger partial charge is 0.493 e. The lowest BCUT2D eigenvalue weighted by Gasteiger charge is -2.24. The lowest BCUT2D eigenvalue weighted by atomic mass is 10.0. The number of anilines is 1. The van der Waals surface area contributed by atoms with Crippen molar-refractivity contribution in [1.82, 2.24) is 5.32 Å². The molecule has 1 atom stereocenters. The van der Waals surface area contributed by atoms with Gasteiger partial charge < -0.3 is 10.1 Å². The number of rotatable bonds is 13. The minimum atomic E-state index is -3.63. The minimum absolute atomic E-state index is 0.0753. The molecule has 0 amide bonds. The first-order chi connectivity index (χ1) is 22.3. The first-order valence-corrected chi connectivity index (χ1v) is 18.4. The number of Topliss-reactive ketones (excluding diaryl/α,β-unsaturated/α-hetero) is 1. The van der Waals surface area contributed by atoms with E-state index in [-0.39, 0.29) is 24.9 Å². The third kappa shape index (κ3) is 7.50. The number of sulfonamides is 1. The summed E-state index contributed by atoms with van der Waals surface area (Å²) >= 11 is 5.26. The third-order valence-electron chi connectivity index (χ3n) is 7.84. The molecule has 1 aromatic heterocycles. The Bertz CT molecular complexity index is 2080. The van der Waals surface area contributed by atoms with Crippen LogP contribution in [0.25, 0.3) is 20.2 Å². The molecule has 1 heterocycles. The van der Waals surface area contributed by atoms with Crippen LogP contribution in [0.3, 0.4) is 0 Å². The molecule has 0 bridgehead atoms. The molecule has 0 saturated heterocycles. The van der Waals surface area contributed by atoms with Crippen LogP contribution in [-0.2, 0) is 16.6 Å². The zero-order chi connectivity index (χ0) is 32.1. The van der Waals surface area contributed by atoms with Crippen LogP contribution in [0.1, 0.15) is 33.9 Å². The number of hydrogen-bond acceptors (Lipinski definition) is 6. The summed E-state index contributed by atoms with van der Waals surface area (Å²) in [4.78, 5) is 13.5. The van der Waals surface area contributed by atoms with Gasteiger partial charge >= 0.3 is 0 Å². The number of ether oxygens (including phenoxy) is 1. The van der Waals surface area contributed by atoms with Crippen molar-refractivity contribution in [2.75, 3.05) is 23.7 Å². The van der Waals surface area contributed by atoms with Crippen molar-refractivity contribution in [3.05, 3.63) is 142 Å². The van der Waals surface area contributed by atoms with Crippen LogP contribution in [0.5, 0.6) is 5.75 Å². The topological polar surface area (TPSA) is 75.7 Å². The van der Waals surface area contributed by atoms with Crippen molar-refractivity contribution in [2.45, 2.75) is 19.0 Å². The lowest BCUT2D eigenvalue weighted by Crippen LogP contribution is -2.31. The van der Waals surface area contributed by atoms with E-state index in [9.17, 15) is 13.2 Å². The first kappa shape index (κ1) is 31.9. The molecule has 9 heteroatoms. The summed E-state index contributed by atoms with van der Waals surface area (Å²) in [5.41, 5.74) is 2.74. The molecule has 5 aromatic carbocycles. The predicted molar refractivity (Wildman–Crippen MR) is 193 cm³/mol. The van der Waals surface area contributed by atoms with Crippen LogP contribution in [0.2, 0.25) is 0 Å². The van der Waals surface area contributed by atoms with E-state index in [1.54, 1.807) is 29.5 Å². The molecule has 1 unspecified atom stereocenters. The van der Waals surface area contributed by atoms with E-state index in [4.69, 9.17) is 4.74 Å². The summed E-state index contributed by atoms with van der Waals surface area (Å²) in [7, 11) is -3.63. The Labute approximate surface area is 281 Å². The molecule has 6 aromatic rings. The normalized spacial score (nSPS) is 12.3. The number of carbonyl (C=O) groups excluding carboxylic acids is 1. The molecule has 234 valence electrons. The Morgan fingerprint density at radius 1 is 0.848 bits per heavy atom. The number of carbonyl (C=O) groups is 1. The smallest absolute Gasteiger partial charge is 0.232 e. The molecule has 1 N–H and O–H groups in total. The van der Waals surface area contributed by atoms with Gasteiger partial charge in [-0.05, 0) is 63.5 Å². The fraction of sp³-hybridized carbons (Fsp3) is 0.162. The van der Waals surface area contributed by atoms with Crippen LogP contribution in [-0.4, -0.2) is 33.6 Å². The number of benzene rings is 5. The van der Waals surface area contributed by atoms with Gasteiger partial charge in [0.1, 0.15) is 5.75 Å². The van der Waals surface area contributed by atoms with Crippen molar-refractivity contribution in [2.24, 2.45) is 0 Å². The number of thiophene rings is 1. The van der Waals surface area contributed by atoms with Crippen molar-refractivity contribution < 1.29 is 17.9 Å². The highest BCUT2D eigenvalue weighted by Crippen LogP contribution is 2.36. The van der Waals surface area contributed by atoms with E-state index in [0.717, 1.165) is 16.9 Å². The quantitative estimate of drug-likeness (QED) is 0.121. The number of nitrogens with zero attached hydrogens (tertiary/aromatic N) is 1. The second-order valence-electron chi connectivity index (χ2n) is 11.1. The van der Waals surface area contributed by atoms with Gasteiger partial charge in [0, 0.05) is 42.7 Å². The average molecular weight is 714 g/mol. The molecule has 0 fully saturated rings. The molecule has 6 rings (SSSR count). The fourth-order valence-corrected chi connectivity index (χ4v) is 8.09. The molecule has 0 spiro atoms. The molecular formula is C37H33BrN2O4S2. The van der Waals surface area contributed by atoms with Gasteiger partial charge in [0.25, 0.3) is 0 Å². The highest BCUT2D eigenvalue weighted by molar-refractivity contribution is 9.10. The van der Waals surface area contributed by atoms with Gasteiger partial charge in [-0.2, -0.15) is 0 Å². The Morgan fingerprint density at radius 3 is 2.30 bits per heavy atom. The summed E-state index contributed by atoms with van der Waals surface area (Å²) in [5, 5.41) is 5.91. The molecule has 6 nitrogen and oxygen atoms in total. The van der Waals surface area contributed by atoms with E-state index >= 15 is 0 Å². The Hall–Kier alpha value is -4.02. The Morgan fingerprint density at radius 2 is 1.54 bits per heavy atom. The summed E-state index contributed by atoms with van der Waals surface area (Å²) in [6, 6.07) is 39.0. The number of hydrogen-bond donors (Lipinski definition) is 1. The van der Waals surface area contributed by atoms with Gasteiger partial charge in [-0.3, -0.25) is 9.10 Å². The highest BCUT2D eigenvalue weighted by atomic mass is 79.9. The van der Waals surface area contributed by atoms with Gasteiger partial charge in [-0.15, -0.1) is 11.3 Å². The summed E-state index contributed by atoms with van der Waals surface area (Å²) in [6.07, 6.45) is 1.82. The van der Waals surface area contributed by atoms with Crippen molar-refractivity contribution in [1.29, 1.82) is 0 Å². The van der Waals surface area contributed by atoms with Crippen LogP contribution in [0.15, 0.2) is 126 Å². The minimum Gasteiger partial charge on any atom is -0.493 e. The average Bonchev–Trinajstić information content (AvgIpc) is 3.44. The Kier molecular flexibility index (Phi) is 9.84. The Balaban J connectivity index is 1.15. The molecule has 46 heavy (non-hydrogen) atoms. The van der Waals surface area contributed by atoms with E-state index in [1.807, 2.05) is 66.7 Å². The number of nitrogens with one attached hydrogen (secondary N) is 1. The first-order valence-electron chi connectivity index (χ1n) is 14.9. The van der Waals surface area contributed by atoms with Gasteiger partial charge in [0.15, 0.2) is 5.78 Å². The van der Waals surface area contributed by atoms with Crippen molar-refractivity contribution in [3.8, 4) is 5.75 Å². The molecule has 0 aliphatic rings. The van der Waals surface area contributed by atoms with Gasteiger partial charge in [0.05, 0.1) is 31.6 Å². The van der Waals surface area contributed by atoms with Crippen molar-refractivity contribution >= 4 is 68.9 Å². The maximum Gasteiger partial charge on any atom is 0.232 e. The zero-order valence-electron chi connectivity index (χ0n) is 25.2. The molecule has 0 saturated carbocycles. The maximum absolute atomic E-state index is 13.5. The second-order valence-corrected chi connectivity index (χ2v) is 14.9. The van der Waals surface area contributed by atoms with Crippen LogP contribution < -0.4 is 14.4 Å². The molecular weight excluding hydrogens is 680 g/mol. The lowest BCUT2D eigenvalue weighted by molar-refractivity contribution is 0.0985. The zero-order valence-corrected chi connectivity index (χ0v) is 28.4. The standard InChI is InChI=1S/C37H33BrN2O4S2/c1-46(42,43)40(25-26-10-4-2-5-11-26)34-22-28(16-19-32(34)38)35(41)24-39-33(27-12-6-3-7-13-27)20-21-44-29-17-18-31-30-14-8-9-15-36(30)45-37(31)23-29/h2-19,22-23,33,39H,20-21,24-25H2,1H3. The highest BCUT2D eigenvalue weighted by Gasteiger charge is 2.22. The van der Waals surface area contributed by atoms with E-state index in [0.29, 0.717) is 28.8 Å². The predicted octanol–water partition coefficient (Wildman–Crippen LogP) is 8.77. The summed E-state index contributed by atoms with van der Waals surface area (Å²) in [6.45, 7) is 0.689.